The topological polar surface area (TPSA) is 8.17 Å². The van der Waals surface area contributed by atoms with Gasteiger partial charge in [0.25, 0.3) is 0 Å². The Morgan fingerprint density at radius 1 is 1.00 bits per heavy atom. The normalized spacial score (nSPS) is 10.1. The van der Waals surface area contributed by atoms with Crippen molar-refractivity contribution in [3.05, 3.63) is 48.8 Å². The summed E-state index contributed by atoms with van der Waals surface area (Å²) in [5, 5.41) is 0. The van der Waals surface area contributed by atoms with Gasteiger partial charge in [-0.25, -0.2) is 0 Å². The maximum absolute atomic E-state index is 2.12. The van der Waals surface area contributed by atoms with E-state index in [-0.39, 0.29) is 0 Å². The van der Waals surface area contributed by atoms with Crippen molar-refractivity contribution >= 4 is 5.69 Å². The molecule has 14 heavy (non-hydrogen) atoms. The fraction of sp³-hybridized carbons (Fsp3) is 0.167. The van der Waals surface area contributed by atoms with Crippen LogP contribution in [0.1, 0.15) is 0 Å². The molecule has 0 spiro atoms. The van der Waals surface area contributed by atoms with Gasteiger partial charge in [-0.2, -0.15) is 0 Å². The van der Waals surface area contributed by atoms with Crippen LogP contribution in [0.2, 0.25) is 0 Å². The predicted molar refractivity (Wildman–Crippen MR) is 60.1 cm³/mol. The van der Waals surface area contributed by atoms with Crippen molar-refractivity contribution in [3.63, 3.8) is 0 Å². The first kappa shape index (κ1) is 8.88. The molecule has 2 rings (SSSR count). The third-order valence-electron chi connectivity index (χ3n) is 2.25. The minimum absolute atomic E-state index is 1.20. The van der Waals surface area contributed by atoms with Crippen LogP contribution in [-0.2, 0) is 0 Å². The van der Waals surface area contributed by atoms with Gasteiger partial charge in [0.15, 0.2) is 0 Å². The van der Waals surface area contributed by atoms with E-state index in [0.717, 1.165) is 0 Å². The Morgan fingerprint density at radius 3 is 2.29 bits per heavy atom. The van der Waals surface area contributed by atoms with E-state index < -0.39 is 0 Å². The number of benzene rings is 1. The maximum Gasteiger partial charge on any atom is 0.0544 e. The maximum atomic E-state index is 2.12. The predicted octanol–water partition coefficient (Wildman–Crippen LogP) is 2.54. The fourth-order valence-corrected chi connectivity index (χ4v) is 1.41. The fourth-order valence-electron chi connectivity index (χ4n) is 1.41. The molecule has 0 fully saturated rings. The molecule has 0 aliphatic rings. The zero-order chi connectivity index (χ0) is 9.97. The molecule has 0 saturated carbocycles. The van der Waals surface area contributed by atoms with E-state index in [2.05, 4.69) is 40.1 Å². The number of anilines is 1. The Kier molecular flexibility index (Phi) is 2.27. The average molecular weight is 186 g/mol. The Hall–Kier alpha value is -1.70. The molecule has 1 aromatic carbocycles. The molecule has 2 aromatic rings. The minimum Gasteiger partial charge on any atom is -0.376 e. The van der Waals surface area contributed by atoms with Crippen molar-refractivity contribution in [2.24, 2.45) is 0 Å². The summed E-state index contributed by atoms with van der Waals surface area (Å²) in [5.74, 6) is 0. The number of rotatable bonds is 2. The van der Waals surface area contributed by atoms with E-state index in [1.165, 1.54) is 11.4 Å². The molecule has 0 bridgehead atoms. The first-order valence-electron chi connectivity index (χ1n) is 4.68. The highest BCUT2D eigenvalue weighted by molar-refractivity contribution is 5.46. The van der Waals surface area contributed by atoms with E-state index in [1.807, 2.05) is 32.3 Å². The number of aromatic nitrogens is 1. The standard InChI is InChI=1S/C12H14N2/c1-13(2)12-8-9-14(10-12)11-6-4-3-5-7-11/h3-10H,1-2H3. The Bertz CT molecular complexity index is 401. The SMILES string of the molecule is CN(C)c1ccn(-c2ccccc2)c1. The second kappa shape index (κ2) is 3.58. The van der Waals surface area contributed by atoms with Gasteiger partial charge in [-0.05, 0) is 18.2 Å². The zero-order valence-electron chi connectivity index (χ0n) is 8.51. The van der Waals surface area contributed by atoms with E-state index >= 15 is 0 Å². The van der Waals surface area contributed by atoms with Gasteiger partial charge in [-0.3, -0.25) is 0 Å². The molecule has 0 radical (unpaired) electrons. The van der Waals surface area contributed by atoms with Crippen molar-refractivity contribution in [2.45, 2.75) is 0 Å². The summed E-state index contributed by atoms with van der Waals surface area (Å²) in [4.78, 5) is 2.10. The molecular weight excluding hydrogens is 172 g/mol. The number of nitrogens with zero attached hydrogens (tertiary/aromatic N) is 2. The van der Waals surface area contributed by atoms with Gasteiger partial charge in [0.1, 0.15) is 0 Å². The number of hydrogen-bond acceptors (Lipinski definition) is 1. The van der Waals surface area contributed by atoms with Crippen molar-refractivity contribution in [1.29, 1.82) is 0 Å². The van der Waals surface area contributed by atoms with Crippen molar-refractivity contribution < 1.29 is 0 Å². The van der Waals surface area contributed by atoms with Crippen LogP contribution in [0.3, 0.4) is 0 Å². The summed E-state index contributed by atoms with van der Waals surface area (Å²) >= 11 is 0. The second-order valence-electron chi connectivity index (χ2n) is 3.51. The van der Waals surface area contributed by atoms with Crippen LogP contribution in [0.15, 0.2) is 48.8 Å². The molecule has 72 valence electrons. The second-order valence-corrected chi connectivity index (χ2v) is 3.51. The van der Waals surface area contributed by atoms with Gasteiger partial charge in [0.05, 0.1) is 5.69 Å². The van der Waals surface area contributed by atoms with Gasteiger partial charge in [0, 0.05) is 32.2 Å². The highest BCUT2D eigenvalue weighted by Crippen LogP contribution is 2.15. The molecule has 1 aromatic heterocycles. The van der Waals surface area contributed by atoms with E-state index in [0.29, 0.717) is 0 Å². The summed E-state index contributed by atoms with van der Waals surface area (Å²) in [5.41, 5.74) is 2.41. The minimum atomic E-state index is 1.20. The van der Waals surface area contributed by atoms with Crippen LogP contribution in [-0.4, -0.2) is 18.7 Å². The third-order valence-corrected chi connectivity index (χ3v) is 2.25. The van der Waals surface area contributed by atoms with Crippen LogP contribution in [0.25, 0.3) is 5.69 Å². The van der Waals surface area contributed by atoms with Gasteiger partial charge in [-0.1, -0.05) is 18.2 Å². The summed E-state index contributed by atoms with van der Waals surface area (Å²) in [6.45, 7) is 0. The lowest BCUT2D eigenvalue weighted by molar-refractivity contribution is 1.06. The molecule has 0 aliphatic carbocycles. The van der Waals surface area contributed by atoms with Gasteiger partial charge < -0.3 is 9.47 Å². The summed E-state index contributed by atoms with van der Waals surface area (Å²) in [7, 11) is 4.09. The zero-order valence-corrected chi connectivity index (χ0v) is 8.51. The Balaban J connectivity index is 2.34. The molecule has 1 heterocycles. The molecule has 0 amide bonds. The lowest BCUT2D eigenvalue weighted by Crippen LogP contribution is -2.07. The Labute approximate surface area is 84.4 Å². The summed E-state index contributed by atoms with van der Waals surface area (Å²) < 4.78 is 2.12. The molecule has 0 saturated heterocycles. The number of para-hydroxylation sites is 1. The van der Waals surface area contributed by atoms with E-state index in [4.69, 9.17) is 0 Å². The van der Waals surface area contributed by atoms with Crippen LogP contribution >= 0.6 is 0 Å². The van der Waals surface area contributed by atoms with Gasteiger partial charge >= 0.3 is 0 Å². The average Bonchev–Trinajstić information content (AvgIpc) is 2.68. The molecule has 0 unspecified atom stereocenters. The van der Waals surface area contributed by atoms with Crippen LogP contribution < -0.4 is 4.90 Å². The summed E-state index contributed by atoms with van der Waals surface area (Å²) in [6.07, 6.45) is 4.19. The first-order valence-corrected chi connectivity index (χ1v) is 4.68. The highest BCUT2D eigenvalue weighted by Gasteiger charge is 1.98. The smallest absolute Gasteiger partial charge is 0.0544 e. The van der Waals surface area contributed by atoms with Crippen LogP contribution in [0.4, 0.5) is 5.69 Å². The lowest BCUT2D eigenvalue weighted by atomic mass is 10.3. The van der Waals surface area contributed by atoms with Crippen molar-refractivity contribution in [2.75, 3.05) is 19.0 Å². The van der Waals surface area contributed by atoms with E-state index in [9.17, 15) is 0 Å². The van der Waals surface area contributed by atoms with Crippen molar-refractivity contribution in [3.8, 4) is 5.69 Å². The van der Waals surface area contributed by atoms with Crippen LogP contribution in [0, 0.1) is 0 Å². The van der Waals surface area contributed by atoms with E-state index in [1.54, 1.807) is 0 Å². The quantitative estimate of drug-likeness (QED) is 0.699. The van der Waals surface area contributed by atoms with Gasteiger partial charge in [-0.15, -0.1) is 0 Å². The van der Waals surface area contributed by atoms with Crippen LogP contribution in [0.5, 0.6) is 0 Å². The molecule has 0 N–H and O–H groups in total. The molecule has 2 heteroatoms. The highest BCUT2D eigenvalue weighted by atomic mass is 15.1. The molecule has 2 nitrogen and oxygen atoms in total. The molecular formula is C12H14N2. The number of hydrogen-bond donors (Lipinski definition) is 0. The lowest BCUT2D eigenvalue weighted by Gasteiger charge is -2.08. The monoisotopic (exact) mass is 186 g/mol. The molecule has 0 atom stereocenters. The Morgan fingerprint density at radius 2 is 1.71 bits per heavy atom. The van der Waals surface area contributed by atoms with Gasteiger partial charge in [0.2, 0.25) is 0 Å². The van der Waals surface area contributed by atoms with Crippen molar-refractivity contribution in [1.82, 2.24) is 4.57 Å². The first-order chi connectivity index (χ1) is 6.77. The largest absolute Gasteiger partial charge is 0.376 e. The molecule has 0 aliphatic heterocycles. The third kappa shape index (κ3) is 1.64. The summed E-state index contributed by atoms with van der Waals surface area (Å²) in [6, 6.07) is 12.4.